The van der Waals surface area contributed by atoms with Gasteiger partial charge in [0.15, 0.2) is 6.61 Å². The number of nitrogens with one attached hydrogen (secondary N) is 2. The van der Waals surface area contributed by atoms with Crippen LogP contribution in [0.3, 0.4) is 0 Å². The Morgan fingerprint density at radius 2 is 1.68 bits per heavy atom. The van der Waals surface area contributed by atoms with Gasteiger partial charge in [0.05, 0.1) is 19.9 Å². The predicted molar refractivity (Wildman–Crippen MR) is 114 cm³/mol. The minimum atomic E-state index is -0.787. The van der Waals surface area contributed by atoms with Gasteiger partial charge in [-0.1, -0.05) is 0 Å². The summed E-state index contributed by atoms with van der Waals surface area (Å²) in [5.74, 6) is -0.149. The number of rotatable bonds is 10. The number of carbonyl (C=O) groups excluding carboxylic acids is 3. The topological polar surface area (TPSA) is 115 Å². The fraction of sp³-hybridized carbons (Fsp3) is 0.273. The summed E-state index contributed by atoms with van der Waals surface area (Å²) in [6, 6.07) is 12.5. The van der Waals surface area contributed by atoms with E-state index in [4.69, 9.17) is 14.2 Å². The Labute approximate surface area is 180 Å². The number of hydrogen-bond donors (Lipinski definition) is 2. The first kappa shape index (κ1) is 23.4. The number of hydrogen-bond acceptors (Lipinski definition) is 7. The lowest BCUT2D eigenvalue weighted by Gasteiger charge is -2.12. The highest BCUT2D eigenvalue weighted by molar-refractivity contribution is 5.97. The van der Waals surface area contributed by atoms with Crippen LogP contribution in [0.5, 0.6) is 11.5 Å². The lowest BCUT2D eigenvalue weighted by molar-refractivity contribution is -0.145. The lowest BCUT2D eigenvalue weighted by Crippen LogP contribution is -2.43. The average molecular weight is 427 g/mol. The van der Waals surface area contributed by atoms with Gasteiger partial charge < -0.3 is 19.5 Å². The molecule has 0 saturated carbocycles. The van der Waals surface area contributed by atoms with Crippen molar-refractivity contribution in [3.05, 3.63) is 59.7 Å². The molecule has 0 aromatic heterocycles. The molecule has 2 amide bonds. The van der Waals surface area contributed by atoms with Crippen LogP contribution in [0.25, 0.3) is 0 Å². The summed E-state index contributed by atoms with van der Waals surface area (Å²) in [5.41, 5.74) is 3.50. The molecule has 0 aliphatic heterocycles. The highest BCUT2D eigenvalue weighted by Crippen LogP contribution is 2.12. The monoisotopic (exact) mass is 427 g/mol. The quantitative estimate of drug-likeness (QED) is 0.340. The lowest BCUT2D eigenvalue weighted by atomic mass is 10.2. The maximum atomic E-state index is 12.2. The van der Waals surface area contributed by atoms with Crippen LogP contribution in [0, 0.1) is 0 Å². The van der Waals surface area contributed by atoms with E-state index >= 15 is 0 Å². The van der Waals surface area contributed by atoms with Crippen LogP contribution in [-0.2, 0) is 14.3 Å². The third kappa shape index (κ3) is 7.81. The molecule has 0 saturated heterocycles. The number of hydrazone groups is 1. The zero-order chi connectivity index (χ0) is 22.6. The van der Waals surface area contributed by atoms with E-state index in [0.29, 0.717) is 29.2 Å². The number of methoxy groups -OCH3 is 1. The van der Waals surface area contributed by atoms with Crippen molar-refractivity contribution in [3.63, 3.8) is 0 Å². The number of carbonyl (C=O) groups is 3. The van der Waals surface area contributed by atoms with Crippen LogP contribution in [-0.4, -0.2) is 50.4 Å². The Balaban J connectivity index is 1.79. The van der Waals surface area contributed by atoms with E-state index in [2.05, 4.69) is 15.8 Å². The first-order chi connectivity index (χ1) is 14.9. The maximum Gasteiger partial charge on any atom is 0.344 e. The fourth-order valence-corrected chi connectivity index (χ4v) is 2.35. The molecule has 2 N–H and O–H groups in total. The minimum absolute atomic E-state index is 0.169. The summed E-state index contributed by atoms with van der Waals surface area (Å²) in [6.45, 7) is 3.41. The molecule has 2 aromatic carbocycles. The molecular formula is C22H25N3O6. The third-order valence-electron chi connectivity index (χ3n) is 4.02. The van der Waals surface area contributed by atoms with Crippen LogP contribution >= 0.6 is 0 Å². The van der Waals surface area contributed by atoms with Crippen LogP contribution in [0.2, 0.25) is 0 Å². The van der Waals surface area contributed by atoms with E-state index in [0.717, 1.165) is 0 Å². The van der Waals surface area contributed by atoms with Crippen molar-refractivity contribution >= 4 is 24.0 Å². The third-order valence-corrected chi connectivity index (χ3v) is 4.02. The summed E-state index contributed by atoms with van der Waals surface area (Å²) in [5, 5.41) is 6.49. The van der Waals surface area contributed by atoms with Gasteiger partial charge in [0.25, 0.3) is 11.8 Å². The second kappa shape index (κ2) is 12.0. The fourth-order valence-electron chi connectivity index (χ4n) is 2.35. The van der Waals surface area contributed by atoms with Crippen molar-refractivity contribution in [2.24, 2.45) is 5.10 Å². The van der Waals surface area contributed by atoms with Gasteiger partial charge >= 0.3 is 5.97 Å². The van der Waals surface area contributed by atoms with Gasteiger partial charge in [0, 0.05) is 5.56 Å². The molecule has 0 fully saturated rings. The largest absolute Gasteiger partial charge is 0.497 e. The zero-order valence-electron chi connectivity index (χ0n) is 17.6. The van der Waals surface area contributed by atoms with Crippen molar-refractivity contribution < 1.29 is 28.6 Å². The van der Waals surface area contributed by atoms with Gasteiger partial charge in [-0.3, -0.25) is 9.59 Å². The molecule has 0 heterocycles. The molecule has 164 valence electrons. The standard InChI is InChI=1S/C22H25N3O6/c1-4-30-20(26)14-31-19-9-5-16(6-10-19)13-23-25-21(27)15(2)24-22(28)17-7-11-18(29-3)12-8-17/h5-13,15H,4,14H2,1-3H3,(H,24,28)(H,25,27). The molecule has 0 spiro atoms. The van der Waals surface area contributed by atoms with Crippen molar-refractivity contribution in [1.29, 1.82) is 0 Å². The van der Waals surface area contributed by atoms with E-state index < -0.39 is 17.9 Å². The molecule has 0 aliphatic rings. The van der Waals surface area contributed by atoms with Crippen molar-refractivity contribution in [1.82, 2.24) is 10.7 Å². The van der Waals surface area contributed by atoms with Gasteiger partial charge in [-0.05, 0) is 67.9 Å². The molecule has 2 aromatic rings. The van der Waals surface area contributed by atoms with Gasteiger partial charge in [0.2, 0.25) is 0 Å². The number of amides is 2. The molecule has 2 rings (SSSR count). The van der Waals surface area contributed by atoms with Crippen LogP contribution < -0.4 is 20.2 Å². The zero-order valence-corrected chi connectivity index (χ0v) is 17.6. The first-order valence-corrected chi connectivity index (χ1v) is 9.59. The molecule has 1 atom stereocenters. The Morgan fingerprint density at radius 3 is 2.29 bits per heavy atom. The molecule has 1 unspecified atom stereocenters. The summed E-state index contributed by atoms with van der Waals surface area (Å²) in [6.07, 6.45) is 1.45. The van der Waals surface area contributed by atoms with Crippen molar-refractivity contribution in [2.45, 2.75) is 19.9 Å². The molecule has 31 heavy (non-hydrogen) atoms. The number of nitrogens with zero attached hydrogens (tertiary/aromatic N) is 1. The number of benzene rings is 2. The molecule has 0 radical (unpaired) electrons. The molecular weight excluding hydrogens is 402 g/mol. The molecule has 0 bridgehead atoms. The van der Waals surface area contributed by atoms with E-state index in [1.807, 2.05) is 0 Å². The van der Waals surface area contributed by atoms with Crippen molar-refractivity contribution in [2.75, 3.05) is 20.3 Å². The predicted octanol–water partition coefficient (Wildman–Crippen LogP) is 1.91. The molecule has 9 heteroatoms. The average Bonchev–Trinajstić information content (AvgIpc) is 2.78. The highest BCUT2D eigenvalue weighted by Gasteiger charge is 2.16. The van der Waals surface area contributed by atoms with E-state index in [9.17, 15) is 14.4 Å². The van der Waals surface area contributed by atoms with Gasteiger partial charge in [0.1, 0.15) is 17.5 Å². The molecule has 0 aliphatic carbocycles. The molecule has 9 nitrogen and oxygen atoms in total. The van der Waals surface area contributed by atoms with Crippen LogP contribution in [0.15, 0.2) is 53.6 Å². The normalized spacial score (nSPS) is 11.5. The summed E-state index contributed by atoms with van der Waals surface area (Å²) in [4.78, 5) is 35.6. The van der Waals surface area contributed by atoms with E-state index in [1.54, 1.807) is 62.4 Å². The SMILES string of the molecule is CCOC(=O)COc1ccc(C=NNC(=O)C(C)NC(=O)c2ccc(OC)cc2)cc1. The Morgan fingerprint density at radius 1 is 1.03 bits per heavy atom. The summed E-state index contributed by atoms with van der Waals surface area (Å²) >= 11 is 0. The first-order valence-electron chi connectivity index (χ1n) is 9.59. The number of esters is 1. The highest BCUT2D eigenvalue weighted by atomic mass is 16.6. The second-order valence-corrected chi connectivity index (χ2v) is 6.32. The van der Waals surface area contributed by atoms with E-state index in [-0.39, 0.29) is 12.5 Å². The smallest absolute Gasteiger partial charge is 0.344 e. The summed E-state index contributed by atoms with van der Waals surface area (Å²) < 4.78 is 15.1. The summed E-state index contributed by atoms with van der Waals surface area (Å²) in [7, 11) is 1.54. The van der Waals surface area contributed by atoms with Crippen LogP contribution in [0.1, 0.15) is 29.8 Å². The number of ether oxygens (including phenoxy) is 3. The van der Waals surface area contributed by atoms with Gasteiger partial charge in [-0.15, -0.1) is 0 Å². The minimum Gasteiger partial charge on any atom is -0.497 e. The Hall–Kier alpha value is -3.88. The van der Waals surface area contributed by atoms with Gasteiger partial charge in [-0.25, -0.2) is 10.2 Å². The second-order valence-electron chi connectivity index (χ2n) is 6.32. The maximum absolute atomic E-state index is 12.2. The Kier molecular flexibility index (Phi) is 9.03. The van der Waals surface area contributed by atoms with Crippen LogP contribution in [0.4, 0.5) is 0 Å². The van der Waals surface area contributed by atoms with E-state index in [1.165, 1.54) is 13.3 Å². The van der Waals surface area contributed by atoms with Gasteiger partial charge in [-0.2, -0.15) is 5.10 Å². The Bertz CT molecular complexity index is 910. The van der Waals surface area contributed by atoms with Crippen molar-refractivity contribution in [3.8, 4) is 11.5 Å².